The first-order valence-corrected chi connectivity index (χ1v) is 7.08. The number of thiazole rings is 1. The number of aromatic nitrogens is 5. The van der Waals surface area contributed by atoms with Gasteiger partial charge in [-0.15, -0.1) is 11.3 Å². The van der Waals surface area contributed by atoms with Crippen LogP contribution < -0.4 is 0 Å². The molecule has 94 valence electrons. The molecule has 0 bridgehead atoms. The number of aryl methyl sites for hydroxylation is 2. The largest absolute Gasteiger partial charge is 0.328 e. The summed E-state index contributed by atoms with van der Waals surface area (Å²) in [5.41, 5.74) is 5.92. The normalized spacial score (nSPS) is 11.4. The van der Waals surface area contributed by atoms with E-state index in [1.54, 1.807) is 11.3 Å². The third-order valence-electron chi connectivity index (χ3n) is 2.94. The zero-order valence-electron chi connectivity index (χ0n) is 10.2. The molecule has 5 nitrogen and oxygen atoms in total. The average molecular weight is 279 g/mol. The second-order valence-electron chi connectivity index (χ2n) is 4.10. The fourth-order valence-electron chi connectivity index (χ4n) is 2.11. The summed E-state index contributed by atoms with van der Waals surface area (Å²) in [4.78, 5) is 7.54. The standard InChI is InChI=1S/C11H13N5S2/c1-3-16-10-9(7(2)14-16)13-11(17)15(10)4-8-5-18-6-12-8/h5-6H,3-4H2,1-2H3,(H,13,17). The second-order valence-corrected chi connectivity index (χ2v) is 5.20. The van der Waals surface area contributed by atoms with E-state index in [-0.39, 0.29) is 0 Å². The molecule has 0 aliphatic carbocycles. The number of H-pyrrole nitrogens is 1. The lowest BCUT2D eigenvalue weighted by Crippen LogP contribution is -2.06. The molecule has 0 aromatic carbocycles. The molecular formula is C11H13N5S2. The van der Waals surface area contributed by atoms with Crippen LogP contribution in [0.2, 0.25) is 0 Å². The molecule has 0 aliphatic rings. The van der Waals surface area contributed by atoms with Crippen LogP contribution in [-0.2, 0) is 13.1 Å². The lowest BCUT2D eigenvalue weighted by atomic mass is 10.4. The van der Waals surface area contributed by atoms with E-state index < -0.39 is 0 Å². The van der Waals surface area contributed by atoms with Crippen LogP contribution >= 0.6 is 23.6 Å². The molecule has 3 aromatic heterocycles. The van der Waals surface area contributed by atoms with Crippen molar-refractivity contribution in [1.82, 2.24) is 24.3 Å². The maximum Gasteiger partial charge on any atom is 0.179 e. The molecule has 3 heterocycles. The fraction of sp³-hybridized carbons (Fsp3) is 0.364. The Balaban J connectivity index is 2.21. The summed E-state index contributed by atoms with van der Waals surface area (Å²) in [5, 5.41) is 6.54. The number of imidazole rings is 1. The summed E-state index contributed by atoms with van der Waals surface area (Å²) in [6, 6.07) is 0. The number of nitrogens with zero attached hydrogens (tertiary/aromatic N) is 4. The minimum atomic E-state index is 0.688. The lowest BCUT2D eigenvalue weighted by Gasteiger charge is -2.03. The van der Waals surface area contributed by atoms with Crippen molar-refractivity contribution in [3.05, 3.63) is 27.0 Å². The van der Waals surface area contributed by atoms with Gasteiger partial charge in [-0.05, 0) is 26.1 Å². The molecule has 1 N–H and O–H groups in total. The first-order valence-electron chi connectivity index (χ1n) is 5.73. The van der Waals surface area contributed by atoms with E-state index in [0.717, 1.165) is 33.9 Å². The maximum absolute atomic E-state index is 5.39. The van der Waals surface area contributed by atoms with Crippen LogP contribution in [0.4, 0.5) is 0 Å². The van der Waals surface area contributed by atoms with Gasteiger partial charge in [0, 0.05) is 11.9 Å². The Labute approximate surface area is 113 Å². The van der Waals surface area contributed by atoms with Gasteiger partial charge in [-0.3, -0.25) is 4.57 Å². The molecule has 0 atom stereocenters. The molecule has 0 saturated carbocycles. The molecular weight excluding hydrogens is 266 g/mol. The molecule has 0 radical (unpaired) electrons. The topological polar surface area (TPSA) is 51.4 Å². The van der Waals surface area contributed by atoms with E-state index in [1.807, 2.05) is 22.5 Å². The molecule has 0 spiro atoms. The minimum Gasteiger partial charge on any atom is -0.328 e. The fourth-order valence-corrected chi connectivity index (χ4v) is 2.91. The van der Waals surface area contributed by atoms with Crippen LogP contribution in [0.25, 0.3) is 11.2 Å². The Morgan fingerprint density at radius 1 is 1.50 bits per heavy atom. The maximum atomic E-state index is 5.39. The molecule has 18 heavy (non-hydrogen) atoms. The third-order valence-corrected chi connectivity index (χ3v) is 3.89. The van der Waals surface area contributed by atoms with Gasteiger partial charge >= 0.3 is 0 Å². The quantitative estimate of drug-likeness (QED) is 0.750. The van der Waals surface area contributed by atoms with E-state index in [1.165, 1.54) is 0 Å². The molecule has 0 saturated heterocycles. The third kappa shape index (κ3) is 1.70. The van der Waals surface area contributed by atoms with E-state index >= 15 is 0 Å². The summed E-state index contributed by atoms with van der Waals surface area (Å²) in [7, 11) is 0. The van der Waals surface area contributed by atoms with Gasteiger partial charge in [0.15, 0.2) is 10.4 Å². The Kier molecular flexibility index (Phi) is 2.79. The van der Waals surface area contributed by atoms with Crippen molar-refractivity contribution >= 4 is 34.7 Å². The second kappa shape index (κ2) is 4.33. The summed E-state index contributed by atoms with van der Waals surface area (Å²) in [6.07, 6.45) is 0. The van der Waals surface area contributed by atoms with Gasteiger partial charge in [-0.1, -0.05) is 0 Å². The summed E-state index contributed by atoms with van der Waals surface area (Å²) < 4.78 is 4.76. The highest BCUT2D eigenvalue weighted by molar-refractivity contribution is 7.71. The van der Waals surface area contributed by atoms with E-state index in [4.69, 9.17) is 12.2 Å². The van der Waals surface area contributed by atoms with Crippen molar-refractivity contribution in [2.24, 2.45) is 0 Å². The summed E-state index contributed by atoms with van der Waals surface area (Å²) in [5.74, 6) is 0. The molecule has 3 rings (SSSR count). The van der Waals surface area contributed by atoms with Gasteiger partial charge < -0.3 is 4.98 Å². The number of rotatable bonds is 3. The minimum absolute atomic E-state index is 0.688. The highest BCUT2D eigenvalue weighted by Gasteiger charge is 2.14. The molecule has 7 heteroatoms. The number of hydrogen-bond donors (Lipinski definition) is 1. The Hall–Kier alpha value is -1.47. The molecule has 0 unspecified atom stereocenters. The van der Waals surface area contributed by atoms with E-state index in [2.05, 4.69) is 26.6 Å². The van der Waals surface area contributed by atoms with E-state index in [9.17, 15) is 0 Å². The van der Waals surface area contributed by atoms with Crippen LogP contribution in [0.3, 0.4) is 0 Å². The highest BCUT2D eigenvalue weighted by Crippen LogP contribution is 2.19. The highest BCUT2D eigenvalue weighted by atomic mass is 32.1. The van der Waals surface area contributed by atoms with Crippen LogP contribution in [0.1, 0.15) is 18.3 Å². The molecule has 3 aromatic rings. The Bertz CT molecular complexity index is 731. The van der Waals surface area contributed by atoms with Gasteiger partial charge in [0.1, 0.15) is 5.52 Å². The van der Waals surface area contributed by atoms with Crippen molar-refractivity contribution in [3.8, 4) is 0 Å². The predicted molar refractivity (Wildman–Crippen MR) is 74.5 cm³/mol. The summed E-state index contributed by atoms with van der Waals surface area (Å²) in [6.45, 7) is 5.59. The zero-order chi connectivity index (χ0) is 12.7. The van der Waals surface area contributed by atoms with Crippen molar-refractivity contribution in [1.29, 1.82) is 0 Å². The van der Waals surface area contributed by atoms with Gasteiger partial charge in [0.2, 0.25) is 0 Å². The Morgan fingerprint density at radius 2 is 2.33 bits per heavy atom. The lowest BCUT2D eigenvalue weighted by molar-refractivity contribution is 0.641. The van der Waals surface area contributed by atoms with Crippen molar-refractivity contribution < 1.29 is 0 Å². The average Bonchev–Trinajstić information content (AvgIpc) is 3.02. The van der Waals surface area contributed by atoms with Crippen LogP contribution in [-0.4, -0.2) is 24.3 Å². The van der Waals surface area contributed by atoms with Crippen LogP contribution in [0.5, 0.6) is 0 Å². The zero-order valence-corrected chi connectivity index (χ0v) is 11.8. The van der Waals surface area contributed by atoms with Crippen molar-refractivity contribution in [2.45, 2.75) is 26.9 Å². The van der Waals surface area contributed by atoms with Gasteiger partial charge in [0.05, 0.1) is 23.4 Å². The smallest absolute Gasteiger partial charge is 0.179 e. The number of aromatic amines is 1. The molecule has 0 fully saturated rings. The number of nitrogens with one attached hydrogen (secondary N) is 1. The molecule has 0 aliphatic heterocycles. The van der Waals surface area contributed by atoms with Crippen molar-refractivity contribution in [3.63, 3.8) is 0 Å². The summed E-state index contributed by atoms with van der Waals surface area (Å²) >= 11 is 6.99. The number of fused-ring (bicyclic) bond motifs is 1. The first-order chi connectivity index (χ1) is 8.70. The Morgan fingerprint density at radius 3 is 3.00 bits per heavy atom. The van der Waals surface area contributed by atoms with E-state index in [0.29, 0.717) is 6.54 Å². The number of hydrogen-bond acceptors (Lipinski definition) is 4. The van der Waals surface area contributed by atoms with Gasteiger partial charge in [0.25, 0.3) is 0 Å². The molecule has 0 amide bonds. The van der Waals surface area contributed by atoms with Crippen LogP contribution in [0.15, 0.2) is 10.9 Å². The van der Waals surface area contributed by atoms with Gasteiger partial charge in [-0.2, -0.15) is 5.10 Å². The van der Waals surface area contributed by atoms with Crippen LogP contribution in [0, 0.1) is 11.7 Å². The van der Waals surface area contributed by atoms with Crippen molar-refractivity contribution in [2.75, 3.05) is 0 Å². The SMILES string of the molecule is CCn1nc(C)c2[nH]c(=S)n(Cc3cscn3)c21. The first kappa shape index (κ1) is 11.6. The monoisotopic (exact) mass is 279 g/mol. The van der Waals surface area contributed by atoms with Gasteiger partial charge in [-0.25, -0.2) is 9.67 Å². The predicted octanol–water partition coefficient (Wildman–Crippen LogP) is 2.73.